The van der Waals surface area contributed by atoms with Crippen LogP contribution < -0.4 is 0 Å². The molecule has 0 radical (unpaired) electrons. The van der Waals surface area contributed by atoms with Gasteiger partial charge >= 0.3 is 17.9 Å². The highest BCUT2D eigenvalue weighted by molar-refractivity contribution is 5.71. The third-order valence-electron chi connectivity index (χ3n) is 13.6. The van der Waals surface area contributed by atoms with Crippen molar-refractivity contribution in [1.82, 2.24) is 0 Å². The van der Waals surface area contributed by atoms with Crippen LogP contribution in [0.1, 0.15) is 310 Å². The zero-order chi connectivity index (χ0) is 53.6. The number of ether oxygens (including phenoxy) is 3. The van der Waals surface area contributed by atoms with Gasteiger partial charge in [0.2, 0.25) is 0 Å². The van der Waals surface area contributed by atoms with Gasteiger partial charge in [-0.05, 0) is 122 Å². The van der Waals surface area contributed by atoms with Crippen LogP contribution in [0.15, 0.2) is 85.1 Å². The second-order valence-electron chi connectivity index (χ2n) is 21.0. The van der Waals surface area contributed by atoms with E-state index in [2.05, 4.69) is 106 Å². The maximum absolute atomic E-state index is 12.9. The van der Waals surface area contributed by atoms with Crippen molar-refractivity contribution in [2.45, 2.75) is 316 Å². The third kappa shape index (κ3) is 59.5. The summed E-state index contributed by atoms with van der Waals surface area (Å²) in [5.74, 6) is -0.906. The molecule has 0 heterocycles. The molecule has 0 aliphatic carbocycles. The Morgan fingerprint density at radius 2 is 0.486 bits per heavy atom. The summed E-state index contributed by atoms with van der Waals surface area (Å²) < 4.78 is 16.9. The number of hydrogen-bond acceptors (Lipinski definition) is 6. The molecular formula is C68H118O6. The second-order valence-corrected chi connectivity index (χ2v) is 21.0. The van der Waals surface area contributed by atoms with E-state index in [-0.39, 0.29) is 31.1 Å². The van der Waals surface area contributed by atoms with Crippen LogP contribution in [-0.4, -0.2) is 37.2 Å². The minimum Gasteiger partial charge on any atom is -0.462 e. The molecule has 0 aromatic heterocycles. The molecule has 0 fully saturated rings. The lowest BCUT2D eigenvalue weighted by Crippen LogP contribution is -2.30. The Labute approximate surface area is 458 Å². The van der Waals surface area contributed by atoms with E-state index in [1.807, 2.05) is 0 Å². The topological polar surface area (TPSA) is 78.9 Å². The Hall–Kier alpha value is -3.41. The van der Waals surface area contributed by atoms with Crippen molar-refractivity contribution in [2.24, 2.45) is 0 Å². The van der Waals surface area contributed by atoms with Crippen LogP contribution in [0, 0.1) is 0 Å². The van der Waals surface area contributed by atoms with Crippen LogP contribution >= 0.6 is 0 Å². The number of hydrogen-bond donors (Lipinski definition) is 0. The van der Waals surface area contributed by atoms with Gasteiger partial charge < -0.3 is 14.2 Å². The normalized spacial score (nSPS) is 12.6. The molecule has 6 heteroatoms. The Kier molecular flexibility index (Phi) is 59.3. The fourth-order valence-electron chi connectivity index (χ4n) is 8.80. The highest BCUT2D eigenvalue weighted by Gasteiger charge is 2.19. The number of unbranched alkanes of at least 4 members (excludes halogenated alkanes) is 32. The third-order valence-corrected chi connectivity index (χ3v) is 13.6. The smallest absolute Gasteiger partial charge is 0.306 e. The quantitative estimate of drug-likeness (QED) is 0.0261. The maximum atomic E-state index is 12.9. The Bertz CT molecular complexity index is 1420. The SMILES string of the molecule is CCCCC/C=C\C/C=C\CCCCCCCC(=O)OCC(COC(=O)CCCCCCCCCC/C=C\C/C=C\C/C=C\CCCCCCC)OC(=O)CCCCCCCCC/C=C\C/C=C\CCCCCC. The summed E-state index contributed by atoms with van der Waals surface area (Å²) in [6.45, 7) is 6.59. The summed E-state index contributed by atoms with van der Waals surface area (Å²) in [6.07, 6.45) is 81.4. The summed E-state index contributed by atoms with van der Waals surface area (Å²) in [4.78, 5) is 38.3. The van der Waals surface area contributed by atoms with E-state index in [0.29, 0.717) is 19.3 Å². The first-order valence-electron chi connectivity index (χ1n) is 31.6. The Morgan fingerprint density at radius 1 is 0.270 bits per heavy atom. The molecule has 0 saturated carbocycles. The molecule has 0 aromatic rings. The van der Waals surface area contributed by atoms with E-state index in [9.17, 15) is 14.4 Å². The fourth-order valence-corrected chi connectivity index (χ4v) is 8.80. The predicted molar refractivity (Wildman–Crippen MR) is 321 cm³/mol. The number of carbonyl (C=O) groups excluding carboxylic acids is 3. The van der Waals surface area contributed by atoms with Gasteiger partial charge in [-0.15, -0.1) is 0 Å². The number of carbonyl (C=O) groups is 3. The van der Waals surface area contributed by atoms with Crippen LogP contribution in [0.3, 0.4) is 0 Å². The van der Waals surface area contributed by atoms with Gasteiger partial charge in [-0.3, -0.25) is 14.4 Å². The van der Waals surface area contributed by atoms with Gasteiger partial charge in [0.1, 0.15) is 13.2 Å². The van der Waals surface area contributed by atoms with Crippen molar-refractivity contribution in [3.63, 3.8) is 0 Å². The summed E-state index contributed by atoms with van der Waals surface area (Å²) in [6, 6.07) is 0. The molecular weight excluding hydrogens is 913 g/mol. The highest BCUT2D eigenvalue weighted by Crippen LogP contribution is 2.15. The molecule has 1 atom stereocenters. The van der Waals surface area contributed by atoms with Crippen molar-refractivity contribution in [3.05, 3.63) is 85.1 Å². The number of rotatable bonds is 57. The van der Waals surface area contributed by atoms with Crippen LogP contribution in [0.25, 0.3) is 0 Å². The number of esters is 3. The van der Waals surface area contributed by atoms with Crippen molar-refractivity contribution in [1.29, 1.82) is 0 Å². The Morgan fingerprint density at radius 3 is 0.797 bits per heavy atom. The van der Waals surface area contributed by atoms with Gasteiger partial charge in [-0.25, -0.2) is 0 Å². The first-order chi connectivity index (χ1) is 36.5. The van der Waals surface area contributed by atoms with Crippen molar-refractivity contribution >= 4 is 17.9 Å². The van der Waals surface area contributed by atoms with E-state index in [1.165, 1.54) is 161 Å². The lowest BCUT2D eigenvalue weighted by molar-refractivity contribution is -0.167. The zero-order valence-corrected chi connectivity index (χ0v) is 48.8. The van der Waals surface area contributed by atoms with Crippen LogP contribution in [0.2, 0.25) is 0 Å². The molecule has 0 aliphatic heterocycles. The number of allylic oxidation sites excluding steroid dienone is 14. The van der Waals surface area contributed by atoms with Crippen LogP contribution in [0.5, 0.6) is 0 Å². The molecule has 426 valence electrons. The molecule has 0 spiro atoms. The van der Waals surface area contributed by atoms with Crippen molar-refractivity contribution < 1.29 is 28.6 Å². The maximum Gasteiger partial charge on any atom is 0.306 e. The predicted octanol–water partition coefficient (Wildman–Crippen LogP) is 21.5. The van der Waals surface area contributed by atoms with Crippen molar-refractivity contribution in [2.75, 3.05) is 13.2 Å². The summed E-state index contributed by atoms with van der Waals surface area (Å²) in [7, 11) is 0. The van der Waals surface area contributed by atoms with Gasteiger partial charge in [0, 0.05) is 19.3 Å². The average molecular weight is 1030 g/mol. The molecule has 6 nitrogen and oxygen atoms in total. The second kappa shape index (κ2) is 62.1. The highest BCUT2D eigenvalue weighted by atomic mass is 16.6. The summed E-state index contributed by atoms with van der Waals surface area (Å²) >= 11 is 0. The van der Waals surface area contributed by atoms with E-state index in [0.717, 1.165) is 109 Å². The fraction of sp³-hybridized carbons (Fsp3) is 0.750. The van der Waals surface area contributed by atoms with Crippen LogP contribution in [0.4, 0.5) is 0 Å². The van der Waals surface area contributed by atoms with E-state index in [1.54, 1.807) is 0 Å². The first kappa shape index (κ1) is 70.6. The van der Waals surface area contributed by atoms with Gasteiger partial charge in [0.25, 0.3) is 0 Å². The van der Waals surface area contributed by atoms with Crippen LogP contribution in [-0.2, 0) is 28.6 Å². The van der Waals surface area contributed by atoms with Gasteiger partial charge in [-0.2, -0.15) is 0 Å². The van der Waals surface area contributed by atoms with Gasteiger partial charge in [0.15, 0.2) is 6.10 Å². The molecule has 0 N–H and O–H groups in total. The summed E-state index contributed by atoms with van der Waals surface area (Å²) in [5.41, 5.74) is 0. The minimum atomic E-state index is -0.792. The zero-order valence-electron chi connectivity index (χ0n) is 48.8. The lowest BCUT2D eigenvalue weighted by atomic mass is 10.1. The minimum absolute atomic E-state index is 0.0879. The monoisotopic (exact) mass is 1030 g/mol. The van der Waals surface area contributed by atoms with E-state index < -0.39 is 6.10 Å². The largest absolute Gasteiger partial charge is 0.462 e. The molecule has 0 bridgehead atoms. The van der Waals surface area contributed by atoms with Gasteiger partial charge in [-0.1, -0.05) is 254 Å². The van der Waals surface area contributed by atoms with Crippen molar-refractivity contribution in [3.8, 4) is 0 Å². The Balaban J connectivity index is 4.40. The molecule has 1 unspecified atom stereocenters. The molecule has 0 saturated heterocycles. The standard InChI is InChI=1S/C68H118O6/c1-4-7-10-13-16-19-22-25-28-30-32-33-34-35-36-38-40-43-46-49-52-55-58-61-67(70)73-64-65(63-72-66(69)60-57-54-51-48-45-42-39-27-24-21-18-15-12-9-6-3)74-68(71)62-59-56-53-50-47-44-41-37-31-29-26-23-20-17-14-11-8-5-2/h18,20-23,25,27,29-32,34-35,39,65H,4-17,19,24,26,28,33,36-38,40-64H2,1-3H3/b21-18-,23-20-,25-22-,31-29-,32-30-,35-34-,39-27-. The molecule has 0 rings (SSSR count). The van der Waals surface area contributed by atoms with E-state index in [4.69, 9.17) is 14.2 Å². The molecule has 0 amide bonds. The average Bonchev–Trinajstić information content (AvgIpc) is 3.40. The summed E-state index contributed by atoms with van der Waals surface area (Å²) in [5, 5.41) is 0. The first-order valence-corrected chi connectivity index (χ1v) is 31.6. The molecule has 0 aliphatic rings. The molecule has 74 heavy (non-hydrogen) atoms. The molecule has 0 aromatic carbocycles. The lowest BCUT2D eigenvalue weighted by Gasteiger charge is -2.18. The van der Waals surface area contributed by atoms with Gasteiger partial charge in [0.05, 0.1) is 0 Å². The van der Waals surface area contributed by atoms with E-state index >= 15 is 0 Å².